The van der Waals surface area contributed by atoms with E-state index in [4.69, 9.17) is 23.4 Å². The number of esters is 2. The fourth-order valence-electron chi connectivity index (χ4n) is 3.19. The summed E-state index contributed by atoms with van der Waals surface area (Å²) in [6.07, 6.45) is -0.471. The van der Waals surface area contributed by atoms with Crippen LogP contribution in [0.25, 0.3) is 11.0 Å². The van der Waals surface area contributed by atoms with E-state index >= 15 is 0 Å². The Bertz CT molecular complexity index is 991. The van der Waals surface area contributed by atoms with E-state index in [-0.39, 0.29) is 24.5 Å². The van der Waals surface area contributed by atoms with Gasteiger partial charge in [-0.2, -0.15) is 0 Å². The van der Waals surface area contributed by atoms with E-state index in [9.17, 15) is 14.4 Å². The second-order valence-corrected chi connectivity index (χ2v) is 7.06. The molecule has 0 saturated heterocycles. The molecule has 0 saturated carbocycles. The Morgan fingerprint density at radius 2 is 1.55 bits per heavy atom. The molecule has 170 valence electrons. The van der Waals surface area contributed by atoms with Gasteiger partial charge in [-0.3, -0.25) is 0 Å². The molecule has 1 aromatic heterocycles. The van der Waals surface area contributed by atoms with Crippen molar-refractivity contribution in [1.82, 2.24) is 0 Å². The van der Waals surface area contributed by atoms with Gasteiger partial charge in [0.05, 0.1) is 18.6 Å². The van der Waals surface area contributed by atoms with Crippen LogP contribution in [0.3, 0.4) is 0 Å². The second kappa shape index (κ2) is 10.8. The highest BCUT2D eigenvalue weighted by Crippen LogP contribution is 2.35. The number of carbonyl (C=O) groups is 2. The largest absolute Gasteiger partial charge is 0.479 e. The van der Waals surface area contributed by atoms with Crippen LogP contribution in [0.15, 0.2) is 21.3 Å². The molecule has 0 fully saturated rings. The first-order chi connectivity index (χ1) is 14.7. The van der Waals surface area contributed by atoms with E-state index in [2.05, 4.69) is 0 Å². The SMILES string of the molecule is CCCc1c(C)c2c(O[C@@H](C)C(=O)OCC)cc(O[C@@H](C)C(=O)OCC)cc2oc1=O. The van der Waals surface area contributed by atoms with E-state index in [1.54, 1.807) is 33.8 Å². The zero-order valence-electron chi connectivity index (χ0n) is 18.9. The van der Waals surface area contributed by atoms with Crippen LogP contribution in [0.1, 0.15) is 52.2 Å². The van der Waals surface area contributed by atoms with Gasteiger partial charge in [0.25, 0.3) is 0 Å². The number of hydrogen-bond acceptors (Lipinski definition) is 8. The van der Waals surface area contributed by atoms with Gasteiger partial charge >= 0.3 is 17.6 Å². The van der Waals surface area contributed by atoms with Gasteiger partial charge in [-0.15, -0.1) is 0 Å². The summed E-state index contributed by atoms with van der Waals surface area (Å²) in [7, 11) is 0. The van der Waals surface area contributed by atoms with Crippen LogP contribution in [0.5, 0.6) is 11.5 Å². The van der Waals surface area contributed by atoms with Crippen LogP contribution >= 0.6 is 0 Å². The molecule has 1 aromatic carbocycles. The van der Waals surface area contributed by atoms with Crippen molar-refractivity contribution >= 4 is 22.9 Å². The molecule has 8 heteroatoms. The second-order valence-electron chi connectivity index (χ2n) is 7.06. The molecule has 2 atom stereocenters. The maximum absolute atomic E-state index is 12.5. The summed E-state index contributed by atoms with van der Waals surface area (Å²) in [4.78, 5) is 36.6. The first-order valence-corrected chi connectivity index (χ1v) is 10.5. The zero-order chi connectivity index (χ0) is 23.1. The molecular weight excluding hydrogens is 404 g/mol. The molecular formula is C23H30O8. The van der Waals surface area contributed by atoms with Crippen LogP contribution in [-0.2, 0) is 25.5 Å². The van der Waals surface area contributed by atoms with Crippen molar-refractivity contribution in [2.45, 2.75) is 66.6 Å². The molecule has 2 rings (SSSR count). The van der Waals surface area contributed by atoms with Crippen molar-refractivity contribution in [3.05, 3.63) is 33.7 Å². The summed E-state index contributed by atoms with van der Waals surface area (Å²) in [5.41, 5.74) is 1.06. The fourth-order valence-corrected chi connectivity index (χ4v) is 3.19. The lowest BCUT2D eigenvalue weighted by Gasteiger charge is -2.19. The van der Waals surface area contributed by atoms with Crippen LogP contribution in [-0.4, -0.2) is 37.4 Å². The summed E-state index contributed by atoms with van der Waals surface area (Å²) in [6.45, 7) is 10.8. The minimum Gasteiger partial charge on any atom is -0.479 e. The Hall–Kier alpha value is -3.03. The third-order valence-electron chi connectivity index (χ3n) is 4.67. The van der Waals surface area contributed by atoms with Gasteiger partial charge in [0.2, 0.25) is 0 Å². The number of benzene rings is 1. The molecule has 0 aliphatic rings. The fraction of sp³-hybridized carbons (Fsp3) is 0.522. The first kappa shape index (κ1) is 24.2. The van der Waals surface area contributed by atoms with Crippen molar-refractivity contribution in [2.75, 3.05) is 13.2 Å². The van der Waals surface area contributed by atoms with E-state index in [0.29, 0.717) is 28.7 Å². The molecule has 0 amide bonds. The number of ether oxygens (including phenoxy) is 4. The molecule has 8 nitrogen and oxygen atoms in total. The number of carbonyl (C=O) groups excluding carboxylic acids is 2. The number of hydrogen-bond donors (Lipinski definition) is 0. The van der Waals surface area contributed by atoms with Crippen LogP contribution in [0.4, 0.5) is 0 Å². The average molecular weight is 434 g/mol. The molecule has 31 heavy (non-hydrogen) atoms. The molecule has 0 radical (unpaired) electrons. The first-order valence-electron chi connectivity index (χ1n) is 10.5. The third kappa shape index (κ3) is 5.77. The molecule has 2 aromatic rings. The van der Waals surface area contributed by atoms with Gasteiger partial charge in [0.1, 0.15) is 17.1 Å². The molecule has 0 spiro atoms. The Morgan fingerprint density at radius 1 is 0.968 bits per heavy atom. The van der Waals surface area contributed by atoms with Gasteiger partial charge in [-0.1, -0.05) is 13.3 Å². The quantitative estimate of drug-likeness (QED) is 0.412. The van der Waals surface area contributed by atoms with E-state index in [1.165, 1.54) is 6.07 Å². The van der Waals surface area contributed by atoms with Crippen molar-refractivity contribution in [3.8, 4) is 11.5 Å². The summed E-state index contributed by atoms with van der Waals surface area (Å²) < 4.78 is 27.1. The minimum atomic E-state index is -0.901. The molecule has 0 bridgehead atoms. The van der Waals surface area contributed by atoms with Crippen molar-refractivity contribution in [1.29, 1.82) is 0 Å². The van der Waals surface area contributed by atoms with Gasteiger partial charge in [0.15, 0.2) is 12.2 Å². The average Bonchev–Trinajstić information content (AvgIpc) is 2.70. The van der Waals surface area contributed by atoms with Gasteiger partial charge in [-0.25, -0.2) is 14.4 Å². The summed E-state index contributed by atoms with van der Waals surface area (Å²) in [5, 5.41) is 0.565. The van der Waals surface area contributed by atoms with Crippen molar-refractivity contribution < 1.29 is 33.0 Å². The molecule has 0 N–H and O–H groups in total. The Morgan fingerprint density at radius 3 is 2.10 bits per heavy atom. The van der Waals surface area contributed by atoms with Crippen LogP contribution < -0.4 is 15.1 Å². The normalized spacial score (nSPS) is 12.8. The minimum absolute atomic E-state index is 0.224. The maximum atomic E-state index is 12.5. The van der Waals surface area contributed by atoms with Gasteiger partial charge in [0, 0.05) is 17.7 Å². The predicted molar refractivity (Wildman–Crippen MR) is 115 cm³/mol. The Labute approximate surface area is 181 Å². The van der Waals surface area contributed by atoms with Crippen LogP contribution in [0, 0.1) is 6.92 Å². The summed E-state index contributed by atoms with van der Waals surface area (Å²) >= 11 is 0. The highest BCUT2D eigenvalue weighted by Gasteiger charge is 2.23. The number of fused-ring (bicyclic) bond motifs is 1. The van der Waals surface area contributed by atoms with Crippen molar-refractivity contribution in [2.24, 2.45) is 0 Å². The number of rotatable bonds is 10. The van der Waals surface area contributed by atoms with E-state index in [1.807, 2.05) is 13.8 Å². The molecule has 0 unspecified atom stereocenters. The van der Waals surface area contributed by atoms with E-state index in [0.717, 1.165) is 6.42 Å². The lowest BCUT2D eigenvalue weighted by Crippen LogP contribution is -2.27. The zero-order valence-corrected chi connectivity index (χ0v) is 18.9. The lowest BCUT2D eigenvalue weighted by atomic mass is 10.0. The third-order valence-corrected chi connectivity index (χ3v) is 4.67. The molecule has 0 aliphatic carbocycles. The standard InChI is InChI=1S/C23H30O8/c1-7-10-17-13(4)20-18(30-15(6)22(25)28-9-3)11-16(12-19(20)31-23(17)26)29-14(5)21(24)27-8-2/h11-12,14-15H,7-10H2,1-6H3/t14-,15-/m0/s1. The Balaban J connectivity index is 2.58. The number of aryl methyl sites for hydroxylation is 1. The highest BCUT2D eigenvalue weighted by atomic mass is 16.6. The monoisotopic (exact) mass is 434 g/mol. The molecule has 1 heterocycles. The van der Waals surface area contributed by atoms with Gasteiger partial charge in [-0.05, 0) is 46.6 Å². The lowest BCUT2D eigenvalue weighted by molar-refractivity contribution is -0.151. The van der Waals surface area contributed by atoms with Crippen molar-refractivity contribution in [3.63, 3.8) is 0 Å². The summed E-state index contributed by atoms with van der Waals surface area (Å²) in [5.74, 6) is -0.515. The van der Waals surface area contributed by atoms with E-state index < -0.39 is 29.8 Å². The molecule has 0 aliphatic heterocycles. The summed E-state index contributed by atoms with van der Waals surface area (Å²) in [6, 6.07) is 3.09. The van der Waals surface area contributed by atoms with Crippen LogP contribution in [0.2, 0.25) is 0 Å². The Kier molecular flexibility index (Phi) is 8.47. The topological polar surface area (TPSA) is 101 Å². The smallest absolute Gasteiger partial charge is 0.347 e. The highest BCUT2D eigenvalue weighted by molar-refractivity contribution is 5.89. The van der Waals surface area contributed by atoms with Gasteiger partial charge < -0.3 is 23.4 Å². The predicted octanol–water partition coefficient (Wildman–Crippen LogP) is 3.71. The maximum Gasteiger partial charge on any atom is 0.347 e.